The summed E-state index contributed by atoms with van der Waals surface area (Å²) >= 11 is 0. The van der Waals surface area contributed by atoms with E-state index < -0.39 is 0 Å². The molecule has 1 heterocycles. The number of aromatic nitrogens is 2. The summed E-state index contributed by atoms with van der Waals surface area (Å²) in [6.07, 6.45) is 4.36. The molecule has 0 unspecified atom stereocenters. The highest BCUT2D eigenvalue weighted by molar-refractivity contribution is 5.12. The van der Waals surface area contributed by atoms with Crippen LogP contribution < -0.4 is 10.6 Å². The highest BCUT2D eigenvalue weighted by Gasteiger charge is 1.91. The van der Waals surface area contributed by atoms with Crippen LogP contribution in [0.25, 0.3) is 0 Å². The number of ether oxygens (including phenoxy) is 1. The van der Waals surface area contributed by atoms with Crippen LogP contribution in [0.4, 0.5) is 0 Å². The van der Waals surface area contributed by atoms with Gasteiger partial charge in [-0.25, -0.2) is 0 Å². The van der Waals surface area contributed by atoms with Gasteiger partial charge in [0.25, 0.3) is 0 Å². The molecule has 0 fully saturated rings. The highest BCUT2D eigenvalue weighted by Crippen LogP contribution is 2.04. The summed E-state index contributed by atoms with van der Waals surface area (Å²) in [6, 6.07) is 0. The van der Waals surface area contributed by atoms with Crippen LogP contribution in [0.3, 0.4) is 0 Å². The first-order valence-electron chi connectivity index (χ1n) is 2.40. The molecule has 0 atom stereocenters. The molecule has 0 saturated heterocycles. The quantitative estimate of drug-likeness (QED) is 0.451. The van der Waals surface area contributed by atoms with E-state index in [2.05, 4.69) is 11.7 Å². The maximum Gasteiger partial charge on any atom is 0.166 e. The van der Waals surface area contributed by atoms with E-state index in [1.54, 1.807) is 6.20 Å². The van der Waals surface area contributed by atoms with Crippen molar-refractivity contribution in [2.24, 2.45) is 0 Å². The molecule has 48 valence electrons. The van der Waals surface area contributed by atoms with Crippen LogP contribution in [-0.4, -0.2) is 9.89 Å². The first-order valence-corrected chi connectivity index (χ1v) is 2.40. The number of nitrogen functional groups attached to an aromatic ring is 1. The van der Waals surface area contributed by atoms with Gasteiger partial charge in [0.2, 0.25) is 0 Å². The van der Waals surface area contributed by atoms with Gasteiger partial charge in [-0.15, -0.1) is 0 Å². The van der Waals surface area contributed by atoms with Crippen LogP contribution in [0.15, 0.2) is 25.2 Å². The Bertz CT molecular complexity index is 206. The molecule has 0 aliphatic rings. The van der Waals surface area contributed by atoms with Crippen molar-refractivity contribution in [3.63, 3.8) is 0 Å². The molecule has 0 aromatic carbocycles. The maximum atomic E-state index is 5.20. The molecule has 0 radical (unpaired) electrons. The fraction of sp³-hybridized carbons (Fsp3) is 0. The molecule has 0 saturated carbocycles. The molecule has 9 heavy (non-hydrogen) atoms. The lowest BCUT2D eigenvalue weighted by molar-refractivity contribution is 0.483. The third-order valence-electron chi connectivity index (χ3n) is 0.797. The van der Waals surface area contributed by atoms with Crippen LogP contribution >= 0.6 is 0 Å². The molecule has 4 heteroatoms. The second-order valence-corrected chi connectivity index (χ2v) is 1.44. The maximum absolute atomic E-state index is 5.20. The van der Waals surface area contributed by atoms with Crippen molar-refractivity contribution in [2.45, 2.75) is 0 Å². The highest BCUT2D eigenvalue weighted by atomic mass is 16.5. The SMILES string of the molecule is C=COc1cnn(N)c1. The van der Waals surface area contributed by atoms with E-state index in [9.17, 15) is 0 Å². The van der Waals surface area contributed by atoms with E-state index in [0.717, 1.165) is 0 Å². The van der Waals surface area contributed by atoms with E-state index in [1.165, 1.54) is 17.2 Å². The van der Waals surface area contributed by atoms with E-state index in [0.29, 0.717) is 5.75 Å². The lowest BCUT2D eigenvalue weighted by Gasteiger charge is -1.88. The zero-order chi connectivity index (χ0) is 6.69. The Morgan fingerprint density at radius 3 is 3.11 bits per heavy atom. The van der Waals surface area contributed by atoms with Crippen molar-refractivity contribution in [3.05, 3.63) is 25.2 Å². The molecule has 1 aromatic heterocycles. The van der Waals surface area contributed by atoms with Crippen molar-refractivity contribution < 1.29 is 4.74 Å². The number of nitrogens with zero attached hydrogens (tertiary/aromatic N) is 2. The van der Waals surface area contributed by atoms with Gasteiger partial charge in [0.15, 0.2) is 5.75 Å². The summed E-state index contributed by atoms with van der Waals surface area (Å²) in [5, 5.41) is 3.66. The molecule has 2 N–H and O–H groups in total. The Labute approximate surface area is 52.5 Å². The summed E-state index contributed by atoms with van der Waals surface area (Å²) in [7, 11) is 0. The summed E-state index contributed by atoms with van der Waals surface area (Å²) in [4.78, 5) is 1.17. The second-order valence-electron chi connectivity index (χ2n) is 1.44. The average Bonchev–Trinajstić information content (AvgIpc) is 2.17. The zero-order valence-electron chi connectivity index (χ0n) is 4.82. The van der Waals surface area contributed by atoms with Gasteiger partial charge >= 0.3 is 0 Å². The Kier molecular flexibility index (Phi) is 1.40. The fourth-order valence-corrected chi connectivity index (χ4v) is 0.478. The first-order chi connectivity index (χ1) is 4.33. The van der Waals surface area contributed by atoms with E-state index in [4.69, 9.17) is 10.6 Å². The topological polar surface area (TPSA) is 53.1 Å². The first kappa shape index (κ1) is 5.68. The Morgan fingerprint density at radius 1 is 1.89 bits per heavy atom. The predicted octanol–water partition coefficient (Wildman–Crippen LogP) is 0.119. The summed E-state index contributed by atoms with van der Waals surface area (Å²) < 4.78 is 4.83. The van der Waals surface area contributed by atoms with Crippen LogP contribution in [0, 0.1) is 0 Å². The molecular formula is C5H7N3O. The van der Waals surface area contributed by atoms with Gasteiger partial charge in [-0.2, -0.15) is 9.89 Å². The van der Waals surface area contributed by atoms with Crippen LogP contribution in [0.1, 0.15) is 0 Å². The molecule has 4 nitrogen and oxygen atoms in total. The molecule has 0 amide bonds. The molecular weight excluding hydrogens is 118 g/mol. The third-order valence-corrected chi connectivity index (χ3v) is 0.797. The molecule has 0 spiro atoms. The molecule has 1 aromatic rings. The van der Waals surface area contributed by atoms with Crippen LogP contribution in [0.5, 0.6) is 5.75 Å². The zero-order valence-corrected chi connectivity index (χ0v) is 4.82. The van der Waals surface area contributed by atoms with Crippen molar-refractivity contribution in [2.75, 3.05) is 5.84 Å². The minimum absolute atomic E-state index is 0.590. The van der Waals surface area contributed by atoms with E-state index in [1.807, 2.05) is 0 Å². The van der Waals surface area contributed by atoms with Gasteiger partial charge in [0.05, 0.1) is 18.7 Å². The fourth-order valence-electron chi connectivity index (χ4n) is 0.478. The second kappa shape index (κ2) is 2.21. The average molecular weight is 125 g/mol. The van der Waals surface area contributed by atoms with Crippen LogP contribution in [0.2, 0.25) is 0 Å². The van der Waals surface area contributed by atoms with Gasteiger partial charge in [-0.1, -0.05) is 6.58 Å². The number of hydrogen-bond acceptors (Lipinski definition) is 3. The Hall–Kier alpha value is -1.45. The minimum atomic E-state index is 0.590. The molecule has 1 rings (SSSR count). The standard InChI is InChI=1S/C5H7N3O/c1-2-9-5-3-7-8(6)4-5/h2-4H,1,6H2. The van der Waals surface area contributed by atoms with Gasteiger partial charge in [-0.3, -0.25) is 0 Å². The van der Waals surface area contributed by atoms with Crippen molar-refractivity contribution in [1.82, 2.24) is 9.89 Å². The predicted molar refractivity (Wildman–Crippen MR) is 33.2 cm³/mol. The van der Waals surface area contributed by atoms with E-state index in [-0.39, 0.29) is 0 Å². The lowest BCUT2D eigenvalue weighted by atomic mass is 10.7. The monoisotopic (exact) mass is 125 g/mol. The lowest BCUT2D eigenvalue weighted by Crippen LogP contribution is -2.06. The minimum Gasteiger partial charge on any atom is -0.462 e. The van der Waals surface area contributed by atoms with E-state index >= 15 is 0 Å². The van der Waals surface area contributed by atoms with Crippen LogP contribution in [-0.2, 0) is 0 Å². The normalized spacial score (nSPS) is 8.89. The van der Waals surface area contributed by atoms with Gasteiger partial charge in [0.1, 0.15) is 0 Å². The third kappa shape index (κ3) is 1.22. The number of nitrogens with two attached hydrogens (primary N) is 1. The van der Waals surface area contributed by atoms with Crippen molar-refractivity contribution in [1.29, 1.82) is 0 Å². The summed E-state index contributed by atoms with van der Waals surface area (Å²) in [6.45, 7) is 3.37. The molecule has 0 aliphatic heterocycles. The van der Waals surface area contributed by atoms with Crippen molar-refractivity contribution in [3.8, 4) is 5.75 Å². The largest absolute Gasteiger partial charge is 0.462 e. The van der Waals surface area contributed by atoms with Gasteiger partial charge < -0.3 is 10.6 Å². The molecule has 0 bridgehead atoms. The Balaban J connectivity index is 2.72. The number of hydrogen-bond donors (Lipinski definition) is 1. The summed E-state index contributed by atoms with van der Waals surface area (Å²) in [5.74, 6) is 5.79. The summed E-state index contributed by atoms with van der Waals surface area (Å²) in [5.41, 5.74) is 0. The molecule has 0 aliphatic carbocycles. The Morgan fingerprint density at radius 2 is 2.67 bits per heavy atom. The van der Waals surface area contributed by atoms with Gasteiger partial charge in [-0.05, 0) is 0 Å². The smallest absolute Gasteiger partial charge is 0.166 e. The number of rotatable bonds is 2. The van der Waals surface area contributed by atoms with Gasteiger partial charge in [0, 0.05) is 0 Å². The van der Waals surface area contributed by atoms with Crippen molar-refractivity contribution >= 4 is 0 Å².